The van der Waals surface area contributed by atoms with E-state index in [-0.39, 0.29) is 11.9 Å². The largest absolute Gasteiger partial charge is 0.494 e. The highest BCUT2D eigenvalue weighted by Crippen LogP contribution is 2.28. The van der Waals surface area contributed by atoms with E-state index in [1.807, 2.05) is 64.2 Å². The van der Waals surface area contributed by atoms with Crippen molar-refractivity contribution in [3.63, 3.8) is 0 Å². The smallest absolute Gasteiger partial charge is 0.272 e. The Hall–Kier alpha value is -2.83. The van der Waals surface area contributed by atoms with Gasteiger partial charge in [-0.05, 0) is 63.3 Å². The van der Waals surface area contributed by atoms with Crippen LogP contribution in [0.5, 0.6) is 5.75 Å². The second-order valence-corrected chi connectivity index (χ2v) is 8.99. The monoisotopic (exact) mass is 452 g/mol. The van der Waals surface area contributed by atoms with Crippen molar-refractivity contribution in [3.8, 4) is 17.0 Å². The average molecular weight is 453 g/mol. The van der Waals surface area contributed by atoms with Crippen LogP contribution in [-0.2, 0) is 6.54 Å². The molecule has 0 saturated heterocycles. The third kappa shape index (κ3) is 5.14. The number of amides is 1. The molecule has 168 valence electrons. The second kappa shape index (κ2) is 9.76. The Kier molecular flexibility index (Phi) is 6.82. The average Bonchev–Trinajstić information content (AvgIpc) is 3.22. The lowest BCUT2D eigenvalue weighted by atomic mass is 10.1. The van der Waals surface area contributed by atoms with Gasteiger partial charge in [-0.1, -0.05) is 35.9 Å². The van der Waals surface area contributed by atoms with Gasteiger partial charge >= 0.3 is 0 Å². The Labute approximate surface area is 194 Å². The molecule has 0 unspecified atom stereocenters. The van der Waals surface area contributed by atoms with Crippen molar-refractivity contribution in [1.29, 1.82) is 0 Å². The predicted octanol–water partition coefficient (Wildman–Crippen LogP) is 4.75. The maximum Gasteiger partial charge on any atom is 0.272 e. The van der Waals surface area contributed by atoms with Crippen LogP contribution >= 0.6 is 11.6 Å². The normalized spacial score (nSPS) is 15.8. The van der Waals surface area contributed by atoms with Crippen LogP contribution in [0, 0.1) is 0 Å². The SMILES string of the molecule is C[C@H]1CN(Cc2cccc(OCCCN(C)C)c2)C(=O)c2cc(-c3ccc(Cl)cc3)nn21. The zero-order valence-corrected chi connectivity index (χ0v) is 19.5. The Morgan fingerprint density at radius 3 is 2.69 bits per heavy atom. The van der Waals surface area contributed by atoms with E-state index in [0.29, 0.717) is 30.4 Å². The molecule has 0 bridgehead atoms. The minimum atomic E-state index is -0.00637. The number of nitrogens with zero attached hydrogens (tertiary/aromatic N) is 4. The second-order valence-electron chi connectivity index (χ2n) is 8.55. The summed E-state index contributed by atoms with van der Waals surface area (Å²) in [6.45, 7) is 4.91. The molecule has 1 amide bonds. The van der Waals surface area contributed by atoms with Gasteiger partial charge in [-0.3, -0.25) is 9.48 Å². The summed E-state index contributed by atoms with van der Waals surface area (Å²) in [5.41, 5.74) is 3.40. The van der Waals surface area contributed by atoms with Crippen LogP contribution in [0.4, 0.5) is 0 Å². The van der Waals surface area contributed by atoms with Gasteiger partial charge in [0.25, 0.3) is 5.91 Å². The van der Waals surface area contributed by atoms with Gasteiger partial charge in [-0.25, -0.2) is 0 Å². The molecule has 7 heteroatoms. The van der Waals surface area contributed by atoms with E-state index in [2.05, 4.69) is 25.9 Å². The lowest BCUT2D eigenvalue weighted by Gasteiger charge is -2.31. The van der Waals surface area contributed by atoms with Crippen molar-refractivity contribution in [2.24, 2.45) is 0 Å². The summed E-state index contributed by atoms with van der Waals surface area (Å²) in [4.78, 5) is 17.3. The van der Waals surface area contributed by atoms with E-state index in [4.69, 9.17) is 21.4 Å². The third-order valence-corrected chi connectivity index (χ3v) is 5.83. The molecule has 0 spiro atoms. The van der Waals surface area contributed by atoms with E-state index in [1.54, 1.807) is 0 Å². The number of carbonyl (C=O) groups is 1. The van der Waals surface area contributed by atoms with Crippen molar-refractivity contribution < 1.29 is 9.53 Å². The Bertz CT molecular complexity index is 1080. The van der Waals surface area contributed by atoms with Crippen molar-refractivity contribution in [3.05, 3.63) is 70.9 Å². The Morgan fingerprint density at radius 1 is 1.16 bits per heavy atom. The number of hydrogen-bond acceptors (Lipinski definition) is 4. The van der Waals surface area contributed by atoms with Crippen molar-refractivity contribution in [2.75, 3.05) is 33.8 Å². The van der Waals surface area contributed by atoms with Crippen LogP contribution in [0.2, 0.25) is 5.02 Å². The number of ether oxygens (including phenoxy) is 1. The Balaban J connectivity index is 1.46. The number of aromatic nitrogens is 2. The van der Waals surface area contributed by atoms with Gasteiger partial charge in [0.15, 0.2) is 0 Å². The van der Waals surface area contributed by atoms with E-state index in [0.717, 1.165) is 35.5 Å². The standard InChI is InChI=1S/C25H29ClN4O2/c1-18-16-29(17-19-6-4-7-22(14-19)32-13-5-12-28(2)3)25(31)24-15-23(27-30(18)24)20-8-10-21(26)11-9-20/h4,6-11,14-15,18H,5,12-13,16-17H2,1-3H3/t18-/m0/s1. The van der Waals surface area contributed by atoms with Crippen molar-refractivity contribution in [1.82, 2.24) is 19.6 Å². The van der Waals surface area contributed by atoms with Crippen molar-refractivity contribution >= 4 is 17.5 Å². The first-order valence-corrected chi connectivity index (χ1v) is 11.3. The molecule has 0 N–H and O–H groups in total. The fourth-order valence-electron chi connectivity index (χ4n) is 3.95. The molecule has 3 aromatic rings. The molecule has 0 saturated carbocycles. The highest BCUT2D eigenvalue weighted by molar-refractivity contribution is 6.30. The predicted molar refractivity (Wildman–Crippen MR) is 127 cm³/mol. The van der Waals surface area contributed by atoms with Gasteiger partial charge in [-0.15, -0.1) is 0 Å². The zero-order chi connectivity index (χ0) is 22.7. The molecule has 0 radical (unpaired) electrons. The Morgan fingerprint density at radius 2 is 1.94 bits per heavy atom. The lowest BCUT2D eigenvalue weighted by molar-refractivity contribution is 0.0651. The molecular weight excluding hydrogens is 424 g/mol. The van der Waals surface area contributed by atoms with Gasteiger partial charge in [0, 0.05) is 30.2 Å². The highest BCUT2D eigenvalue weighted by Gasteiger charge is 2.31. The molecule has 2 aromatic carbocycles. The fraction of sp³-hybridized carbons (Fsp3) is 0.360. The third-order valence-electron chi connectivity index (χ3n) is 5.57. The van der Waals surface area contributed by atoms with Gasteiger partial charge in [-0.2, -0.15) is 5.10 Å². The summed E-state index contributed by atoms with van der Waals surface area (Å²) in [6.07, 6.45) is 0.972. The molecule has 4 rings (SSSR count). The van der Waals surface area contributed by atoms with Gasteiger partial charge in [0.2, 0.25) is 0 Å². The van der Waals surface area contributed by atoms with Gasteiger partial charge in [0.05, 0.1) is 18.3 Å². The van der Waals surface area contributed by atoms with Crippen LogP contribution in [-0.4, -0.2) is 59.3 Å². The first-order valence-electron chi connectivity index (χ1n) is 10.9. The molecule has 1 aliphatic rings. The number of carbonyl (C=O) groups excluding carboxylic acids is 1. The molecule has 32 heavy (non-hydrogen) atoms. The fourth-order valence-corrected chi connectivity index (χ4v) is 4.08. The van der Waals surface area contributed by atoms with Crippen LogP contribution < -0.4 is 4.74 Å². The van der Waals surface area contributed by atoms with Gasteiger partial charge < -0.3 is 14.5 Å². The van der Waals surface area contributed by atoms with E-state index < -0.39 is 0 Å². The quantitative estimate of drug-likeness (QED) is 0.463. The van der Waals surface area contributed by atoms with Crippen LogP contribution in [0.3, 0.4) is 0 Å². The molecule has 1 aromatic heterocycles. The van der Waals surface area contributed by atoms with E-state index >= 15 is 0 Å². The number of benzene rings is 2. The topological polar surface area (TPSA) is 50.6 Å². The summed E-state index contributed by atoms with van der Waals surface area (Å²) in [5.74, 6) is 0.835. The molecule has 0 fully saturated rings. The molecule has 6 nitrogen and oxygen atoms in total. The number of fused-ring (bicyclic) bond motifs is 1. The maximum atomic E-state index is 13.2. The number of halogens is 1. The first-order chi connectivity index (χ1) is 15.4. The minimum Gasteiger partial charge on any atom is -0.494 e. The van der Waals surface area contributed by atoms with Crippen LogP contribution in [0.1, 0.15) is 35.4 Å². The number of rotatable bonds is 8. The molecule has 0 aliphatic carbocycles. The first kappa shape index (κ1) is 22.4. The maximum absolute atomic E-state index is 13.2. The van der Waals surface area contributed by atoms with E-state index in [1.165, 1.54) is 0 Å². The van der Waals surface area contributed by atoms with E-state index in [9.17, 15) is 4.79 Å². The summed E-state index contributed by atoms with van der Waals surface area (Å²) >= 11 is 6.00. The van der Waals surface area contributed by atoms with Crippen LogP contribution in [0.15, 0.2) is 54.6 Å². The summed E-state index contributed by atoms with van der Waals surface area (Å²) in [6, 6.07) is 17.5. The summed E-state index contributed by atoms with van der Waals surface area (Å²) < 4.78 is 7.74. The number of hydrogen-bond donors (Lipinski definition) is 0. The molecular formula is C25H29ClN4O2. The molecule has 2 heterocycles. The van der Waals surface area contributed by atoms with Crippen LogP contribution in [0.25, 0.3) is 11.3 Å². The molecule has 1 aliphatic heterocycles. The minimum absolute atomic E-state index is 0.00637. The summed E-state index contributed by atoms with van der Waals surface area (Å²) in [7, 11) is 4.11. The van der Waals surface area contributed by atoms with Gasteiger partial charge in [0.1, 0.15) is 11.4 Å². The zero-order valence-electron chi connectivity index (χ0n) is 18.8. The highest BCUT2D eigenvalue weighted by atomic mass is 35.5. The lowest BCUT2D eigenvalue weighted by Crippen LogP contribution is -2.41. The van der Waals surface area contributed by atoms with Crippen molar-refractivity contribution in [2.45, 2.75) is 25.9 Å². The summed E-state index contributed by atoms with van der Waals surface area (Å²) in [5, 5.41) is 5.37. The molecule has 1 atom stereocenters.